The second-order valence-electron chi connectivity index (χ2n) is 5.05. The average molecular weight is 348 g/mol. The van der Waals surface area contributed by atoms with Crippen molar-refractivity contribution >= 4 is 14.9 Å². The molecule has 2 heterocycles. The summed E-state index contributed by atoms with van der Waals surface area (Å²) in [5.74, 6) is 0. The largest absolute Gasteiger partial charge is 0.437 e. The van der Waals surface area contributed by atoms with E-state index in [0.29, 0.717) is 0 Å². The molecular weight excluding hydrogens is 339 g/mol. The molecule has 0 unspecified atom stereocenters. The minimum atomic E-state index is -5.55. The zero-order valence-corrected chi connectivity index (χ0v) is 11.9. The smallest absolute Gasteiger partial charge is 0.389 e. The number of rotatable bonds is 2. The third-order valence-corrected chi connectivity index (χ3v) is 4.42. The van der Waals surface area contributed by atoms with E-state index in [1.54, 1.807) is 0 Å². The van der Waals surface area contributed by atoms with Crippen LogP contribution in [0.2, 0.25) is 0 Å². The molecular formula is C9H9F5N4O3S. The van der Waals surface area contributed by atoms with E-state index in [2.05, 4.69) is 20.2 Å². The lowest BCUT2D eigenvalue weighted by molar-refractivity contribution is -0.143. The minimum Gasteiger partial charge on any atom is -0.389 e. The maximum Gasteiger partial charge on any atom is 0.437 e. The van der Waals surface area contributed by atoms with E-state index in [1.807, 2.05) is 0 Å². The van der Waals surface area contributed by atoms with Crippen LogP contribution in [0.1, 0.15) is 31.7 Å². The average Bonchev–Trinajstić information content (AvgIpc) is 2.94. The number of H-pyrrole nitrogens is 1. The van der Waals surface area contributed by atoms with Crippen LogP contribution in [0.5, 0.6) is 0 Å². The van der Waals surface area contributed by atoms with Gasteiger partial charge in [0.15, 0.2) is 16.4 Å². The molecule has 0 saturated heterocycles. The molecule has 7 nitrogen and oxygen atoms in total. The number of aromatic amines is 1. The van der Waals surface area contributed by atoms with E-state index in [4.69, 9.17) is 0 Å². The Bertz CT molecular complexity index is 722. The number of oxime groups is 1. The highest BCUT2D eigenvalue weighted by molar-refractivity contribution is 8.06. The molecule has 1 N–H and O–H groups in total. The van der Waals surface area contributed by atoms with Crippen molar-refractivity contribution in [1.29, 1.82) is 0 Å². The van der Waals surface area contributed by atoms with Crippen molar-refractivity contribution in [3.8, 4) is 0 Å². The van der Waals surface area contributed by atoms with Gasteiger partial charge in [-0.3, -0.25) is 0 Å². The summed E-state index contributed by atoms with van der Waals surface area (Å²) in [5.41, 5.74) is -5.30. The highest BCUT2D eigenvalue weighted by Crippen LogP contribution is 2.42. The molecule has 2 rings (SSSR count). The Morgan fingerprint density at radius 2 is 1.68 bits per heavy atom. The van der Waals surface area contributed by atoms with Gasteiger partial charge in [-0.25, -0.2) is 8.42 Å². The summed E-state index contributed by atoms with van der Waals surface area (Å²) in [6.45, 7) is 2.77. The van der Waals surface area contributed by atoms with Gasteiger partial charge in [0, 0.05) is 6.42 Å². The summed E-state index contributed by atoms with van der Waals surface area (Å²) in [5, 5.41) is 3.56. The quantitative estimate of drug-likeness (QED) is 0.822. The molecule has 0 aliphatic carbocycles. The van der Waals surface area contributed by atoms with Crippen molar-refractivity contribution in [3.63, 3.8) is 0 Å². The first-order chi connectivity index (χ1) is 9.79. The fraction of sp³-hybridized carbons (Fsp3) is 0.667. The van der Waals surface area contributed by atoms with Gasteiger partial charge in [0.05, 0.1) is 0 Å². The molecule has 0 radical (unpaired) electrons. The second-order valence-corrected chi connectivity index (χ2v) is 7.04. The van der Waals surface area contributed by atoms with Gasteiger partial charge in [-0.05, 0) is 13.8 Å². The minimum absolute atomic E-state index is 0.510. The van der Waals surface area contributed by atoms with Crippen LogP contribution in [0.15, 0.2) is 5.16 Å². The molecule has 1 aromatic heterocycles. The summed E-state index contributed by atoms with van der Waals surface area (Å²) in [6, 6.07) is 0. The Hall–Kier alpha value is -1.79. The topological polar surface area (TPSA) is 97.3 Å². The Morgan fingerprint density at radius 1 is 1.14 bits per heavy atom. The summed E-state index contributed by atoms with van der Waals surface area (Å²) in [4.78, 5) is 4.66. The predicted octanol–water partition coefficient (Wildman–Crippen LogP) is 1.80. The van der Waals surface area contributed by atoms with E-state index in [1.165, 1.54) is 19.1 Å². The molecule has 1 aliphatic heterocycles. The van der Waals surface area contributed by atoms with Crippen molar-refractivity contribution < 1.29 is 35.2 Å². The van der Waals surface area contributed by atoms with Crippen molar-refractivity contribution in [3.05, 3.63) is 11.4 Å². The zero-order chi connectivity index (χ0) is 17.0. The summed E-state index contributed by atoms with van der Waals surface area (Å²) in [6.07, 6.45) is -5.81. The molecule has 0 amide bonds. The maximum atomic E-state index is 14.1. The lowest BCUT2D eigenvalue weighted by Gasteiger charge is -2.17. The standard InChI is InChI=1S/C9H9F5N4O3S/c1-7(2)3-4(17-21-7)22(19,20)9(13,14)6-5(8(10,11)12)15-18-16-6/h3H2,1-2H3,(H,15,16,18). The molecule has 0 saturated carbocycles. The third kappa shape index (κ3) is 2.53. The van der Waals surface area contributed by atoms with Gasteiger partial charge in [0.2, 0.25) is 0 Å². The monoisotopic (exact) mass is 348 g/mol. The number of hydrogen-bond acceptors (Lipinski definition) is 6. The number of aromatic nitrogens is 3. The van der Waals surface area contributed by atoms with Crippen LogP contribution in [-0.4, -0.2) is 34.5 Å². The summed E-state index contributed by atoms with van der Waals surface area (Å²) in [7, 11) is -5.55. The first-order valence-corrected chi connectivity index (χ1v) is 7.13. The molecule has 124 valence electrons. The third-order valence-electron chi connectivity index (χ3n) is 2.71. The van der Waals surface area contributed by atoms with E-state index < -0.39 is 49.7 Å². The fourth-order valence-electron chi connectivity index (χ4n) is 1.65. The summed E-state index contributed by atoms with van der Waals surface area (Å²) >= 11 is 0. The first kappa shape index (κ1) is 16.6. The van der Waals surface area contributed by atoms with Crippen LogP contribution in [0.3, 0.4) is 0 Å². The molecule has 0 bridgehead atoms. The summed E-state index contributed by atoms with van der Waals surface area (Å²) < 4.78 is 89.8. The molecule has 1 aliphatic rings. The van der Waals surface area contributed by atoms with Gasteiger partial charge in [0.25, 0.3) is 9.84 Å². The number of halogens is 5. The van der Waals surface area contributed by atoms with E-state index in [0.717, 1.165) is 0 Å². The Kier molecular flexibility index (Phi) is 3.47. The van der Waals surface area contributed by atoms with E-state index in [9.17, 15) is 30.4 Å². The van der Waals surface area contributed by atoms with Crippen LogP contribution < -0.4 is 0 Å². The normalized spacial score (nSPS) is 19.0. The molecule has 13 heteroatoms. The Labute approximate surface area is 120 Å². The number of alkyl halides is 5. The van der Waals surface area contributed by atoms with Gasteiger partial charge in [-0.15, -0.1) is 0 Å². The molecule has 0 fully saturated rings. The Balaban J connectivity index is 2.50. The Morgan fingerprint density at radius 3 is 2.14 bits per heavy atom. The van der Waals surface area contributed by atoms with E-state index >= 15 is 0 Å². The lowest BCUT2D eigenvalue weighted by Crippen LogP contribution is -2.35. The SMILES string of the molecule is CC1(C)CC(S(=O)(=O)C(F)(F)c2n[nH]nc2C(F)(F)F)=NO1. The number of nitrogens with zero attached hydrogens (tertiary/aromatic N) is 3. The highest BCUT2D eigenvalue weighted by Gasteiger charge is 2.58. The highest BCUT2D eigenvalue weighted by atomic mass is 32.2. The number of sulfone groups is 1. The van der Waals surface area contributed by atoms with Crippen LogP contribution in [-0.2, 0) is 26.1 Å². The fourth-order valence-corrected chi connectivity index (χ4v) is 3.02. The predicted molar refractivity (Wildman–Crippen MR) is 61.4 cm³/mol. The van der Waals surface area contributed by atoms with Crippen LogP contribution in [0.4, 0.5) is 22.0 Å². The molecule has 0 aromatic carbocycles. The van der Waals surface area contributed by atoms with Gasteiger partial charge in [-0.2, -0.15) is 37.4 Å². The first-order valence-electron chi connectivity index (χ1n) is 5.65. The van der Waals surface area contributed by atoms with Crippen molar-refractivity contribution in [2.75, 3.05) is 0 Å². The van der Waals surface area contributed by atoms with E-state index in [-0.39, 0.29) is 0 Å². The zero-order valence-electron chi connectivity index (χ0n) is 11.1. The van der Waals surface area contributed by atoms with Gasteiger partial charge in [0.1, 0.15) is 5.60 Å². The van der Waals surface area contributed by atoms with Gasteiger partial charge in [-0.1, -0.05) is 5.16 Å². The second kappa shape index (κ2) is 4.60. The molecule has 22 heavy (non-hydrogen) atoms. The molecule has 1 aromatic rings. The molecule has 0 spiro atoms. The van der Waals surface area contributed by atoms with Crippen LogP contribution >= 0.6 is 0 Å². The van der Waals surface area contributed by atoms with Crippen LogP contribution in [0.25, 0.3) is 0 Å². The van der Waals surface area contributed by atoms with Crippen molar-refractivity contribution in [2.45, 2.75) is 37.3 Å². The number of nitrogens with one attached hydrogen (secondary N) is 1. The maximum absolute atomic E-state index is 14.1. The van der Waals surface area contributed by atoms with Crippen molar-refractivity contribution in [1.82, 2.24) is 15.4 Å². The van der Waals surface area contributed by atoms with Crippen molar-refractivity contribution in [2.24, 2.45) is 5.16 Å². The molecule has 0 atom stereocenters. The van der Waals surface area contributed by atoms with Gasteiger partial charge < -0.3 is 4.84 Å². The lowest BCUT2D eigenvalue weighted by atomic mass is 10.1. The van der Waals surface area contributed by atoms with Gasteiger partial charge >= 0.3 is 11.4 Å². The van der Waals surface area contributed by atoms with Crippen LogP contribution in [0, 0.1) is 0 Å². The number of hydrogen-bond donors (Lipinski definition) is 1.